The lowest BCUT2D eigenvalue weighted by Crippen LogP contribution is -2.31. The van der Waals surface area contributed by atoms with Crippen LogP contribution in [0.1, 0.15) is 6.42 Å². The Balaban J connectivity index is 1.95. The summed E-state index contributed by atoms with van der Waals surface area (Å²) in [4.78, 5) is 13.1. The molecule has 1 fully saturated rings. The van der Waals surface area contributed by atoms with Crippen molar-refractivity contribution in [3.63, 3.8) is 0 Å². The Morgan fingerprint density at radius 2 is 2.29 bits per heavy atom. The second kappa shape index (κ2) is 3.71. The molecule has 0 unspecified atom stereocenters. The third-order valence-electron chi connectivity index (χ3n) is 2.64. The van der Waals surface area contributed by atoms with E-state index in [0.717, 1.165) is 0 Å². The van der Waals surface area contributed by atoms with Crippen molar-refractivity contribution in [3.05, 3.63) is 12.2 Å². The van der Waals surface area contributed by atoms with Crippen molar-refractivity contribution in [2.75, 3.05) is 20.7 Å². The van der Waals surface area contributed by atoms with Gasteiger partial charge in [-0.15, -0.1) is 0 Å². The summed E-state index contributed by atoms with van der Waals surface area (Å²) >= 11 is 0. The molecule has 14 heavy (non-hydrogen) atoms. The van der Waals surface area contributed by atoms with Gasteiger partial charge >= 0.3 is 0 Å². The van der Waals surface area contributed by atoms with Gasteiger partial charge in [0.2, 0.25) is 5.91 Å². The Hall–Kier alpha value is -0.870. The maximum Gasteiger partial charge on any atom is 0.222 e. The van der Waals surface area contributed by atoms with Crippen LogP contribution in [0.2, 0.25) is 0 Å². The van der Waals surface area contributed by atoms with E-state index >= 15 is 0 Å². The fourth-order valence-corrected chi connectivity index (χ4v) is 1.71. The first-order valence-corrected chi connectivity index (χ1v) is 4.82. The number of rotatable bonds is 2. The number of amides is 1. The Morgan fingerprint density at radius 3 is 3.00 bits per heavy atom. The van der Waals surface area contributed by atoms with Gasteiger partial charge < -0.3 is 14.4 Å². The van der Waals surface area contributed by atoms with Gasteiger partial charge in [-0.3, -0.25) is 4.79 Å². The maximum absolute atomic E-state index is 11.5. The molecule has 2 aliphatic heterocycles. The highest BCUT2D eigenvalue weighted by Gasteiger charge is 2.35. The minimum Gasteiger partial charge on any atom is -0.349 e. The normalized spacial score (nSPS) is 34.6. The second-order valence-corrected chi connectivity index (χ2v) is 3.92. The zero-order valence-corrected chi connectivity index (χ0v) is 8.47. The van der Waals surface area contributed by atoms with Crippen molar-refractivity contribution in [1.29, 1.82) is 0 Å². The highest BCUT2D eigenvalue weighted by molar-refractivity contribution is 5.76. The molecule has 0 N–H and O–H groups in total. The Bertz CT molecular complexity index is 262. The highest BCUT2D eigenvalue weighted by atomic mass is 16.7. The molecule has 0 aromatic heterocycles. The number of ether oxygens (including phenoxy) is 2. The van der Waals surface area contributed by atoms with Gasteiger partial charge in [0.1, 0.15) is 0 Å². The summed E-state index contributed by atoms with van der Waals surface area (Å²) in [7, 11) is 3.54. The molecule has 1 amide bonds. The van der Waals surface area contributed by atoms with E-state index < -0.39 is 0 Å². The highest BCUT2D eigenvalue weighted by Crippen LogP contribution is 2.28. The molecule has 0 aromatic carbocycles. The van der Waals surface area contributed by atoms with E-state index in [2.05, 4.69) is 0 Å². The van der Waals surface area contributed by atoms with E-state index in [0.29, 0.717) is 13.0 Å². The fraction of sp³-hybridized carbons (Fsp3) is 0.700. The van der Waals surface area contributed by atoms with E-state index in [9.17, 15) is 4.79 Å². The van der Waals surface area contributed by atoms with Crippen LogP contribution in [0.3, 0.4) is 0 Å². The average Bonchev–Trinajstić information content (AvgIpc) is 2.53. The zero-order valence-electron chi connectivity index (χ0n) is 8.47. The number of nitrogens with zero attached hydrogens (tertiary/aromatic N) is 1. The lowest BCUT2D eigenvalue weighted by molar-refractivity contribution is -0.130. The molecular formula is C10H15NO3. The molecule has 2 aliphatic rings. The average molecular weight is 197 g/mol. The van der Waals surface area contributed by atoms with Gasteiger partial charge in [-0.1, -0.05) is 6.08 Å². The summed E-state index contributed by atoms with van der Waals surface area (Å²) in [6, 6.07) is 0. The first-order valence-electron chi connectivity index (χ1n) is 4.82. The van der Waals surface area contributed by atoms with Crippen molar-refractivity contribution in [3.8, 4) is 0 Å². The number of carbonyl (C=O) groups is 1. The summed E-state index contributed by atoms with van der Waals surface area (Å²) in [6.45, 7) is 0.600. The first-order chi connectivity index (χ1) is 6.66. The molecule has 2 rings (SSSR count). The number of fused-ring (bicyclic) bond motifs is 2. The molecule has 4 nitrogen and oxygen atoms in total. The van der Waals surface area contributed by atoms with Crippen LogP contribution < -0.4 is 0 Å². The van der Waals surface area contributed by atoms with E-state index in [1.165, 1.54) is 0 Å². The lowest BCUT2D eigenvalue weighted by Gasteiger charge is -2.23. The van der Waals surface area contributed by atoms with E-state index in [1.807, 2.05) is 12.2 Å². The van der Waals surface area contributed by atoms with E-state index in [1.54, 1.807) is 19.0 Å². The Labute approximate surface area is 83.5 Å². The van der Waals surface area contributed by atoms with Crippen LogP contribution in [0, 0.1) is 5.92 Å². The third-order valence-corrected chi connectivity index (χ3v) is 2.64. The zero-order chi connectivity index (χ0) is 10.1. The van der Waals surface area contributed by atoms with Crippen molar-refractivity contribution in [2.24, 2.45) is 5.92 Å². The molecule has 0 saturated carbocycles. The van der Waals surface area contributed by atoms with Crippen molar-refractivity contribution in [2.45, 2.75) is 18.8 Å². The third kappa shape index (κ3) is 1.81. The fourth-order valence-electron chi connectivity index (χ4n) is 1.71. The van der Waals surface area contributed by atoms with Gasteiger partial charge in [-0.25, -0.2) is 0 Å². The SMILES string of the molecule is CN(C)C(=O)C[C@H]1C=C[C@H]2OC[C@H]1O2. The second-order valence-electron chi connectivity index (χ2n) is 3.92. The van der Waals surface area contributed by atoms with Crippen LogP contribution in [0.5, 0.6) is 0 Å². The van der Waals surface area contributed by atoms with Crippen molar-refractivity contribution in [1.82, 2.24) is 4.90 Å². The maximum atomic E-state index is 11.5. The minimum atomic E-state index is -0.175. The van der Waals surface area contributed by atoms with E-state index in [4.69, 9.17) is 9.47 Å². The molecule has 1 saturated heterocycles. The Kier molecular flexibility index (Phi) is 2.56. The minimum absolute atomic E-state index is 0.0638. The molecule has 0 radical (unpaired) electrons. The van der Waals surface area contributed by atoms with Gasteiger partial charge in [-0.2, -0.15) is 0 Å². The standard InChI is InChI=1S/C10H15NO3/c1-11(2)9(12)5-7-3-4-10-13-6-8(7)14-10/h3-4,7-8,10H,5-6H2,1-2H3/t7-,8-,10+/m1/s1. The van der Waals surface area contributed by atoms with Crippen LogP contribution in [0.15, 0.2) is 12.2 Å². The summed E-state index contributed by atoms with van der Waals surface area (Å²) in [6.07, 6.45) is 4.31. The lowest BCUT2D eigenvalue weighted by atomic mass is 9.97. The summed E-state index contributed by atoms with van der Waals surface area (Å²) in [5, 5.41) is 0. The number of hydrogen-bond acceptors (Lipinski definition) is 3. The molecule has 4 heteroatoms. The van der Waals surface area contributed by atoms with Gasteiger partial charge in [0.25, 0.3) is 0 Å². The summed E-state index contributed by atoms with van der Waals surface area (Å²) in [5.74, 6) is 0.303. The van der Waals surface area contributed by atoms with Crippen molar-refractivity contribution >= 4 is 5.91 Å². The molecule has 0 aromatic rings. The molecule has 0 spiro atoms. The van der Waals surface area contributed by atoms with Gasteiger partial charge in [0.15, 0.2) is 6.29 Å². The monoisotopic (exact) mass is 197 g/mol. The molecular weight excluding hydrogens is 182 g/mol. The Morgan fingerprint density at radius 1 is 1.50 bits per heavy atom. The molecule has 2 bridgehead atoms. The van der Waals surface area contributed by atoms with Crippen LogP contribution in [0.4, 0.5) is 0 Å². The quantitative estimate of drug-likeness (QED) is 0.601. The molecule has 0 aliphatic carbocycles. The smallest absolute Gasteiger partial charge is 0.222 e. The van der Waals surface area contributed by atoms with Gasteiger partial charge in [0.05, 0.1) is 12.7 Å². The van der Waals surface area contributed by atoms with Crippen LogP contribution in [-0.2, 0) is 14.3 Å². The molecule has 2 heterocycles. The number of hydrogen-bond donors (Lipinski definition) is 0. The first kappa shape index (κ1) is 9.68. The summed E-state index contributed by atoms with van der Waals surface area (Å²) < 4.78 is 10.8. The topological polar surface area (TPSA) is 38.8 Å². The predicted octanol–water partition coefficient (Wildman–Crippen LogP) is 0.392. The summed E-state index contributed by atoms with van der Waals surface area (Å²) in [5.41, 5.74) is 0. The predicted molar refractivity (Wildman–Crippen MR) is 50.6 cm³/mol. The van der Waals surface area contributed by atoms with Crippen LogP contribution in [-0.4, -0.2) is 43.9 Å². The van der Waals surface area contributed by atoms with Crippen LogP contribution in [0.25, 0.3) is 0 Å². The molecule has 3 atom stereocenters. The number of carbonyl (C=O) groups excluding carboxylic acids is 1. The van der Waals surface area contributed by atoms with E-state index in [-0.39, 0.29) is 24.2 Å². The molecule has 78 valence electrons. The largest absolute Gasteiger partial charge is 0.349 e. The van der Waals surface area contributed by atoms with Gasteiger partial charge in [0, 0.05) is 26.4 Å². The van der Waals surface area contributed by atoms with Crippen molar-refractivity contribution < 1.29 is 14.3 Å². The van der Waals surface area contributed by atoms with Crippen LogP contribution >= 0.6 is 0 Å². The van der Waals surface area contributed by atoms with Gasteiger partial charge in [-0.05, 0) is 6.08 Å².